The minimum Gasteiger partial charge on any atom is -0.396 e. The first-order valence-electron chi connectivity index (χ1n) is 5.75. The minimum atomic E-state index is -0.0758. The molecule has 2 aliphatic rings. The molecule has 0 aromatic heterocycles. The van der Waals surface area contributed by atoms with E-state index in [9.17, 15) is 5.11 Å². The number of rotatable bonds is 3. The number of aliphatic hydroxyl groups excluding tert-OH is 2. The van der Waals surface area contributed by atoms with Crippen LogP contribution in [-0.4, -0.2) is 46.5 Å². The van der Waals surface area contributed by atoms with Crippen molar-refractivity contribution in [2.45, 2.75) is 50.8 Å². The highest BCUT2D eigenvalue weighted by Gasteiger charge is 2.40. The summed E-state index contributed by atoms with van der Waals surface area (Å²) in [6, 6.07) is 1.16. The largest absolute Gasteiger partial charge is 0.396 e. The SMILES string of the molecule is CC(CO)CN1C2CCC1CC(O)C2. The summed E-state index contributed by atoms with van der Waals surface area (Å²) in [6.07, 6.45) is 4.27. The van der Waals surface area contributed by atoms with Crippen LogP contribution in [0.2, 0.25) is 0 Å². The average molecular weight is 199 g/mol. The lowest BCUT2D eigenvalue weighted by Crippen LogP contribution is -2.46. The van der Waals surface area contributed by atoms with Gasteiger partial charge in [0.05, 0.1) is 6.10 Å². The monoisotopic (exact) mass is 199 g/mol. The zero-order valence-electron chi connectivity index (χ0n) is 8.89. The van der Waals surface area contributed by atoms with E-state index in [-0.39, 0.29) is 12.7 Å². The second-order valence-electron chi connectivity index (χ2n) is 4.99. The first-order valence-corrected chi connectivity index (χ1v) is 5.75. The van der Waals surface area contributed by atoms with Crippen LogP contribution in [-0.2, 0) is 0 Å². The van der Waals surface area contributed by atoms with E-state index in [2.05, 4.69) is 11.8 Å². The molecular weight excluding hydrogens is 178 g/mol. The Morgan fingerprint density at radius 3 is 2.36 bits per heavy atom. The highest BCUT2D eigenvalue weighted by molar-refractivity contribution is 4.95. The molecule has 2 heterocycles. The van der Waals surface area contributed by atoms with Crippen LogP contribution in [0, 0.1) is 5.92 Å². The predicted octanol–water partition coefficient (Wildman–Crippen LogP) is 0.602. The van der Waals surface area contributed by atoms with E-state index in [0.29, 0.717) is 18.0 Å². The molecule has 2 bridgehead atoms. The van der Waals surface area contributed by atoms with Crippen molar-refractivity contribution in [3.05, 3.63) is 0 Å². The molecule has 3 unspecified atom stereocenters. The van der Waals surface area contributed by atoms with Crippen molar-refractivity contribution in [1.82, 2.24) is 4.90 Å². The maximum absolute atomic E-state index is 9.62. The average Bonchev–Trinajstić information content (AvgIpc) is 2.41. The molecule has 0 aromatic rings. The molecule has 0 spiro atoms. The van der Waals surface area contributed by atoms with Gasteiger partial charge in [-0.05, 0) is 31.6 Å². The second kappa shape index (κ2) is 4.17. The van der Waals surface area contributed by atoms with Gasteiger partial charge in [0.1, 0.15) is 0 Å². The normalized spacial score (nSPS) is 40.1. The van der Waals surface area contributed by atoms with Gasteiger partial charge in [-0.1, -0.05) is 6.92 Å². The van der Waals surface area contributed by atoms with Crippen LogP contribution in [0.4, 0.5) is 0 Å². The third-order valence-electron chi connectivity index (χ3n) is 3.69. The summed E-state index contributed by atoms with van der Waals surface area (Å²) in [6.45, 7) is 3.36. The molecule has 2 aliphatic heterocycles. The Balaban J connectivity index is 1.94. The number of nitrogens with zero attached hydrogens (tertiary/aromatic N) is 1. The summed E-state index contributed by atoms with van der Waals surface area (Å²) in [4.78, 5) is 2.51. The summed E-state index contributed by atoms with van der Waals surface area (Å²) >= 11 is 0. The van der Waals surface area contributed by atoms with E-state index < -0.39 is 0 Å². The summed E-state index contributed by atoms with van der Waals surface area (Å²) < 4.78 is 0. The summed E-state index contributed by atoms with van der Waals surface area (Å²) in [5, 5.41) is 18.7. The molecule has 3 heteroatoms. The Labute approximate surface area is 85.7 Å². The maximum Gasteiger partial charge on any atom is 0.0570 e. The summed E-state index contributed by atoms with van der Waals surface area (Å²) in [5.41, 5.74) is 0. The van der Waals surface area contributed by atoms with Gasteiger partial charge in [-0.25, -0.2) is 0 Å². The molecule has 0 radical (unpaired) electrons. The lowest BCUT2D eigenvalue weighted by Gasteiger charge is -2.38. The van der Waals surface area contributed by atoms with Gasteiger partial charge >= 0.3 is 0 Å². The Kier molecular flexibility index (Phi) is 3.10. The van der Waals surface area contributed by atoms with Gasteiger partial charge in [0, 0.05) is 25.2 Å². The fourth-order valence-corrected chi connectivity index (χ4v) is 2.96. The van der Waals surface area contributed by atoms with E-state index in [1.165, 1.54) is 12.8 Å². The van der Waals surface area contributed by atoms with Gasteiger partial charge in [-0.2, -0.15) is 0 Å². The van der Waals surface area contributed by atoms with Crippen molar-refractivity contribution < 1.29 is 10.2 Å². The molecule has 2 rings (SSSR count). The minimum absolute atomic E-state index is 0.0758. The van der Waals surface area contributed by atoms with E-state index >= 15 is 0 Å². The lowest BCUT2D eigenvalue weighted by atomic mass is 9.98. The van der Waals surface area contributed by atoms with Crippen molar-refractivity contribution >= 4 is 0 Å². The Bertz CT molecular complexity index is 184. The van der Waals surface area contributed by atoms with E-state index in [1.807, 2.05) is 0 Å². The van der Waals surface area contributed by atoms with Gasteiger partial charge in [-0.15, -0.1) is 0 Å². The fraction of sp³-hybridized carbons (Fsp3) is 1.00. The zero-order valence-corrected chi connectivity index (χ0v) is 8.89. The molecule has 0 amide bonds. The molecule has 3 atom stereocenters. The molecule has 14 heavy (non-hydrogen) atoms. The predicted molar refractivity (Wildman–Crippen MR) is 55.0 cm³/mol. The molecule has 2 N–H and O–H groups in total. The van der Waals surface area contributed by atoms with Gasteiger partial charge < -0.3 is 10.2 Å². The Hall–Kier alpha value is -0.120. The van der Waals surface area contributed by atoms with E-state index in [1.54, 1.807) is 0 Å². The third-order valence-corrected chi connectivity index (χ3v) is 3.69. The first-order chi connectivity index (χ1) is 6.70. The first kappa shape index (κ1) is 10.4. The highest BCUT2D eigenvalue weighted by atomic mass is 16.3. The van der Waals surface area contributed by atoms with Gasteiger partial charge in [0.25, 0.3) is 0 Å². The smallest absolute Gasteiger partial charge is 0.0570 e. The van der Waals surface area contributed by atoms with Crippen LogP contribution in [0.5, 0.6) is 0 Å². The van der Waals surface area contributed by atoms with Crippen LogP contribution in [0.25, 0.3) is 0 Å². The maximum atomic E-state index is 9.62. The fourth-order valence-electron chi connectivity index (χ4n) is 2.96. The van der Waals surface area contributed by atoms with Crippen LogP contribution in [0.1, 0.15) is 32.6 Å². The van der Waals surface area contributed by atoms with Crippen molar-refractivity contribution in [2.75, 3.05) is 13.2 Å². The molecule has 0 aliphatic carbocycles. The Morgan fingerprint density at radius 1 is 1.29 bits per heavy atom. The van der Waals surface area contributed by atoms with Gasteiger partial charge in [-0.3, -0.25) is 4.90 Å². The number of hydrogen-bond donors (Lipinski definition) is 2. The molecule has 2 saturated heterocycles. The van der Waals surface area contributed by atoms with Crippen molar-refractivity contribution in [1.29, 1.82) is 0 Å². The lowest BCUT2D eigenvalue weighted by molar-refractivity contribution is 0.0232. The van der Waals surface area contributed by atoms with Crippen LogP contribution in [0.15, 0.2) is 0 Å². The number of aliphatic hydroxyl groups is 2. The van der Waals surface area contributed by atoms with Gasteiger partial charge in [0.2, 0.25) is 0 Å². The van der Waals surface area contributed by atoms with E-state index in [0.717, 1.165) is 19.4 Å². The number of hydrogen-bond acceptors (Lipinski definition) is 3. The van der Waals surface area contributed by atoms with Crippen LogP contribution >= 0.6 is 0 Å². The van der Waals surface area contributed by atoms with Crippen molar-refractivity contribution in [3.8, 4) is 0 Å². The molecule has 0 saturated carbocycles. The summed E-state index contributed by atoms with van der Waals surface area (Å²) in [7, 11) is 0. The second-order valence-corrected chi connectivity index (χ2v) is 4.99. The van der Waals surface area contributed by atoms with Crippen LogP contribution < -0.4 is 0 Å². The molecule has 0 aromatic carbocycles. The Morgan fingerprint density at radius 2 is 1.86 bits per heavy atom. The van der Waals surface area contributed by atoms with Gasteiger partial charge in [0.15, 0.2) is 0 Å². The highest BCUT2D eigenvalue weighted by Crippen LogP contribution is 2.35. The quantitative estimate of drug-likeness (QED) is 0.699. The molecule has 82 valence electrons. The third kappa shape index (κ3) is 1.95. The number of piperidine rings is 1. The van der Waals surface area contributed by atoms with Crippen molar-refractivity contribution in [2.24, 2.45) is 5.92 Å². The van der Waals surface area contributed by atoms with E-state index in [4.69, 9.17) is 5.11 Å². The van der Waals surface area contributed by atoms with Crippen LogP contribution in [0.3, 0.4) is 0 Å². The molecule has 2 fully saturated rings. The summed E-state index contributed by atoms with van der Waals surface area (Å²) in [5.74, 6) is 0.369. The van der Waals surface area contributed by atoms with Crippen molar-refractivity contribution in [3.63, 3.8) is 0 Å². The number of fused-ring (bicyclic) bond motifs is 2. The topological polar surface area (TPSA) is 43.7 Å². The zero-order chi connectivity index (χ0) is 10.1. The standard InChI is InChI=1S/C11H21NO2/c1-8(7-13)6-12-9-2-3-10(12)5-11(14)4-9/h8-11,13-14H,2-7H2,1H3. The molecular formula is C11H21NO2. The molecule has 3 nitrogen and oxygen atoms in total.